The summed E-state index contributed by atoms with van der Waals surface area (Å²) < 4.78 is 46.5. The molecule has 0 bridgehead atoms. The van der Waals surface area contributed by atoms with Crippen molar-refractivity contribution in [2.45, 2.75) is 25.4 Å². The summed E-state index contributed by atoms with van der Waals surface area (Å²) in [5.41, 5.74) is 5.28. The molecular weight excluding hydrogens is 441 g/mol. The number of nitrogens with one attached hydrogen (secondary N) is 1. The second-order valence-corrected chi connectivity index (χ2v) is 7.60. The molecule has 0 saturated carbocycles. The first kappa shape index (κ1) is 23.9. The van der Waals surface area contributed by atoms with Gasteiger partial charge in [-0.25, -0.2) is 14.8 Å². The Labute approximate surface area is 188 Å². The van der Waals surface area contributed by atoms with Gasteiger partial charge in [0.1, 0.15) is 11.6 Å². The second kappa shape index (κ2) is 9.81. The van der Waals surface area contributed by atoms with Crippen LogP contribution in [0.15, 0.2) is 18.3 Å². The third kappa shape index (κ3) is 5.54. The van der Waals surface area contributed by atoms with Crippen LogP contribution in [-0.2, 0) is 6.18 Å². The number of alkyl halides is 3. The number of pyridine rings is 2. The number of carboxylic acid groups (broad SMARTS) is 1. The SMILES string of the molecule is CNc1cc(-c2cnc(OCCC3CCN(C(=O)O)CC3)c(C(F)(F)F)c2)nc(C#N)c1N. The van der Waals surface area contributed by atoms with E-state index in [1.807, 2.05) is 6.07 Å². The highest BCUT2D eigenvalue weighted by Crippen LogP contribution is 2.38. The van der Waals surface area contributed by atoms with Gasteiger partial charge in [-0.2, -0.15) is 18.4 Å². The van der Waals surface area contributed by atoms with Crippen LogP contribution >= 0.6 is 0 Å². The van der Waals surface area contributed by atoms with Crippen LogP contribution in [0.1, 0.15) is 30.5 Å². The third-order valence-electron chi connectivity index (χ3n) is 5.54. The molecule has 0 aromatic carbocycles. The molecular formula is C21H23F3N6O3. The first-order chi connectivity index (χ1) is 15.6. The molecule has 1 aliphatic rings. The smallest absolute Gasteiger partial charge is 0.421 e. The molecule has 0 aliphatic carbocycles. The molecule has 1 saturated heterocycles. The Balaban J connectivity index is 1.77. The molecule has 1 amide bonds. The van der Waals surface area contributed by atoms with Crippen LogP contribution in [-0.4, -0.2) is 52.8 Å². The lowest BCUT2D eigenvalue weighted by Gasteiger charge is -2.29. The van der Waals surface area contributed by atoms with Crippen molar-refractivity contribution < 1.29 is 27.8 Å². The number of nitrogens with two attached hydrogens (primary N) is 1. The summed E-state index contributed by atoms with van der Waals surface area (Å²) in [5.74, 6) is -0.378. The molecule has 0 radical (unpaired) electrons. The number of amides is 1. The summed E-state index contributed by atoms with van der Waals surface area (Å²) >= 11 is 0. The minimum Gasteiger partial charge on any atom is -0.477 e. The lowest BCUT2D eigenvalue weighted by atomic mass is 9.94. The van der Waals surface area contributed by atoms with Gasteiger partial charge in [0.25, 0.3) is 0 Å². The van der Waals surface area contributed by atoms with E-state index in [-0.39, 0.29) is 35.2 Å². The van der Waals surface area contributed by atoms with E-state index in [0.29, 0.717) is 38.0 Å². The molecule has 4 N–H and O–H groups in total. The normalized spacial score (nSPS) is 14.6. The summed E-state index contributed by atoms with van der Waals surface area (Å²) in [5, 5.41) is 21.0. The molecule has 2 aromatic rings. The van der Waals surface area contributed by atoms with Crippen molar-refractivity contribution in [3.63, 3.8) is 0 Å². The number of likely N-dealkylation sites (tertiary alicyclic amines) is 1. The Morgan fingerprint density at radius 1 is 1.39 bits per heavy atom. The van der Waals surface area contributed by atoms with E-state index < -0.39 is 23.7 Å². The number of piperidine rings is 1. The molecule has 33 heavy (non-hydrogen) atoms. The van der Waals surface area contributed by atoms with Crippen LogP contribution in [0.5, 0.6) is 5.88 Å². The van der Waals surface area contributed by atoms with E-state index in [9.17, 15) is 23.2 Å². The number of hydrogen-bond acceptors (Lipinski definition) is 7. The van der Waals surface area contributed by atoms with E-state index in [1.54, 1.807) is 7.05 Å². The predicted molar refractivity (Wildman–Crippen MR) is 114 cm³/mol. The Bertz CT molecular complexity index is 1060. The van der Waals surface area contributed by atoms with Gasteiger partial charge in [-0.1, -0.05) is 0 Å². The topological polar surface area (TPSA) is 137 Å². The van der Waals surface area contributed by atoms with Gasteiger partial charge in [-0.05, 0) is 37.3 Å². The maximum absolute atomic E-state index is 13.7. The van der Waals surface area contributed by atoms with Crippen molar-refractivity contribution in [2.24, 2.45) is 5.92 Å². The van der Waals surface area contributed by atoms with Crippen LogP contribution < -0.4 is 15.8 Å². The molecule has 0 atom stereocenters. The van der Waals surface area contributed by atoms with E-state index >= 15 is 0 Å². The number of aromatic nitrogens is 2. The Kier molecular flexibility index (Phi) is 7.10. The van der Waals surface area contributed by atoms with Crippen LogP contribution in [0, 0.1) is 17.2 Å². The van der Waals surface area contributed by atoms with E-state index in [1.165, 1.54) is 17.2 Å². The molecule has 9 nitrogen and oxygen atoms in total. The fourth-order valence-electron chi connectivity index (χ4n) is 3.64. The molecule has 1 fully saturated rings. The maximum atomic E-state index is 13.7. The first-order valence-electron chi connectivity index (χ1n) is 10.2. The van der Waals surface area contributed by atoms with Gasteiger partial charge in [0, 0.05) is 31.9 Å². The van der Waals surface area contributed by atoms with Crippen LogP contribution in [0.25, 0.3) is 11.3 Å². The zero-order valence-electron chi connectivity index (χ0n) is 17.8. The fraction of sp³-hybridized carbons (Fsp3) is 0.429. The quantitative estimate of drug-likeness (QED) is 0.587. The van der Waals surface area contributed by atoms with Crippen molar-refractivity contribution >= 4 is 17.5 Å². The molecule has 3 rings (SSSR count). The van der Waals surface area contributed by atoms with Crippen molar-refractivity contribution in [1.82, 2.24) is 14.9 Å². The lowest BCUT2D eigenvalue weighted by Crippen LogP contribution is -2.37. The van der Waals surface area contributed by atoms with Gasteiger partial charge in [0.2, 0.25) is 5.88 Å². The van der Waals surface area contributed by atoms with Gasteiger partial charge in [0.05, 0.1) is 23.7 Å². The van der Waals surface area contributed by atoms with Crippen molar-refractivity contribution in [2.75, 3.05) is 37.8 Å². The zero-order valence-corrected chi connectivity index (χ0v) is 17.8. The van der Waals surface area contributed by atoms with Crippen molar-refractivity contribution in [3.05, 3.63) is 29.6 Å². The van der Waals surface area contributed by atoms with E-state index in [4.69, 9.17) is 15.6 Å². The van der Waals surface area contributed by atoms with Gasteiger partial charge in [-0.3, -0.25) is 0 Å². The van der Waals surface area contributed by atoms with Gasteiger partial charge in [-0.15, -0.1) is 0 Å². The molecule has 12 heteroatoms. The van der Waals surface area contributed by atoms with Gasteiger partial charge >= 0.3 is 12.3 Å². The molecule has 0 spiro atoms. The van der Waals surface area contributed by atoms with E-state index in [0.717, 1.165) is 6.07 Å². The number of carbonyl (C=O) groups is 1. The highest BCUT2D eigenvalue weighted by molar-refractivity contribution is 5.77. The van der Waals surface area contributed by atoms with Crippen LogP contribution in [0.3, 0.4) is 0 Å². The Morgan fingerprint density at radius 2 is 2.09 bits per heavy atom. The number of rotatable bonds is 6. The molecule has 0 unspecified atom stereocenters. The van der Waals surface area contributed by atoms with Crippen LogP contribution in [0.4, 0.5) is 29.3 Å². The summed E-state index contributed by atoms with van der Waals surface area (Å²) in [4.78, 5) is 20.2. The molecule has 2 aromatic heterocycles. The number of nitrogens with zero attached hydrogens (tertiary/aromatic N) is 4. The van der Waals surface area contributed by atoms with E-state index in [2.05, 4.69) is 15.3 Å². The van der Waals surface area contributed by atoms with Gasteiger partial charge < -0.3 is 25.8 Å². The molecule has 1 aliphatic heterocycles. The summed E-state index contributed by atoms with van der Waals surface area (Å²) in [6, 6.07) is 4.15. The minimum absolute atomic E-state index is 0.0236. The minimum atomic E-state index is -4.72. The number of ether oxygens (including phenoxy) is 1. The largest absolute Gasteiger partial charge is 0.477 e. The highest BCUT2D eigenvalue weighted by atomic mass is 19.4. The van der Waals surface area contributed by atoms with Crippen molar-refractivity contribution in [3.8, 4) is 23.2 Å². The summed E-state index contributed by atoms with van der Waals surface area (Å²) in [6.45, 7) is 0.818. The molecule has 176 valence electrons. The monoisotopic (exact) mass is 464 g/mol. The predicted octanol–water partition coefficient (Wildman–Crippen LogP) is 3.82. The Morgan fingerprint density at radius 3 is 2.67 bits per heavy atom. The highest BCUT2D eigenvalue weighted by Gasteiger charge is 2.36. The van der Waals surface area contributed by atoms with Gasteiger partial charge in [0.15, 0.2) is 5.69 Å². The number of nitrogen functional groups attached to an aromatic ring is 1. The number of nitriles is 1. The third-order valence-corrected chi connectivity index (χ3v) is 5.54. The van der Waals surface area contributed by atoms with Crippen LogP contribution in [0.2, 0.25) is 0 Å². The standard InChI is InChI=1S/C21H23F3N6O3/c1-27-16-9-15(29-17(10-25)18(16)26)13-8-14(21(22,23)24)19(28-11-13)33-7-4-12-2-5-30(6-3-12)20(31)32/h8-9,11-12H,2-7,26H2,1H3,(H,27,29)(H,31,32). The first-order valence-corrected chi connectivity index (χ1v) is 10.2. The number of anilines is 2. The summed E-state index contributed by atoms with van der Waals surface area (Å²) in [7, 11) is 1.57. The average Bonchev–Trinajstić information content (AvgIpc) is 2.79. The number of hydrogen-bond donors (Lipinski definition) is 3. The average molecular weight is 464 g/mol. The summed E-state index contributed by atoms with van der Waals surface area (Å²) in [6.07, 6.45) is -2.73. The lowest BCUT2D eigenvalue weighted by molar-refractivity contribution is -0.139. The number of halogens is 3. The maximum Gasteiger partial charge on any atom is 0.421 e. The molecule has 3 heterocycles. The fourth-order valence-corrected chi connectivity index (χ4v) is 3.64. The van der Waals surface area contributed by atoms with Crippen molar-refractivity contribution in [1.29, 1.82) is 5.26 Å². The Hall–Kier alpha value is -3.75. The second-order valence-electron chi connectivity index (χ2n) is 7.60. The zero-order chi connectivity index (χ0) is 24.2.